The Kier molecular flexibility index (Phi) is 8.95. The van der Waals surface area contributed by atoms with Gasteiger partial charge >= 0.3 is 0 Å². The summed E-state index contributed by atoms with van der Waals surface area (Å²) in [7, 11) is 0. The lowest BCUT2D eigenvalue weighted by Gasteiger charge is -2.40. The zero-order valence-electron chi connectivity index (χ0n) is 22.5. The van der Waals surface area contributed by atoms with E-state index in [9.17, 15) is 9.59 Å². The normalized spacial score (nSPS) is 43.1. The number of thioether (sulfide) groups is 2. The van der Waals surface area contributed by atoms with Gasteiger partial charge in [-0.15, -0.1) is 23.5 Å². The molecule has 9 N–H and O–H groups in total. The fourth-order valence-electron chi connectivity index (χ4n) is 6.89. The second-order valence-electron chi connectivity index (χ2n) is 11.7. The smallest absolute Gasteiger partial charge is 0.223 e. The molecule has 11 nitrogen and oxygen atoms in total. The number of carbonyl (C=O) groups excluding carboxylic acids is 2. The van der Waals surface area contributed by atoms with Crippen LogP contribution in [0.15, 0.2) is 12.0 Å². The van der Waals surface area contributed by atoms with Crippen LogP contribution in [0, 0.1) is 11.8 Å². The third-order valence-electron chi connectivity index (χ3n) is 9.18. The van der Waals surface area contributed by atoms with Gasteiger partial charge in [-0.1, -0.05) is 6.42 Å². The predicted molar refractivity (Wildman–Crippen MR) is 151 cm³/mol. The summed E-state index contributed by atoms with van der Waals surface area (Å²) in [5, 5.41) is 14.9. The molecule has 5 aliphatic heterocycles. The third kappa shape index (κ3) is 6.25. The van der Waals surface area contributed by atoms with Gasteiger partial charge in [0.1, 0.15) is 16.9 Å². The molecule has 0 spiro atoms. The van der Waals surface area contributed by atoms with Crippen LogP contribution in [-0.4, -0.2) is 102 Å². The van der Waals surface area contributed by atoms with Gasteiger partial charge in [-0.05, 0) is 25.7 Å². The molecule has 0 aromatic rings. The number of fused-ring (bicyclic) bond motifs is 1. The van der Waals surface area contributed by atoms with Crippen molar-refractivity contribution in [3.05, 3.63) is 12.0 Å². The molecular formula is C26H44N7O4S2+. The van der Waals surface area contributed by atoms with E-state index in [-0.39, 0.29) is 52.7 Å². The Morgan fingerprint density at radius 3 is 2.77 bits per heavy atom. The van der Waals surface area contributed by atoms with E-state index in [1.54, 1.807) is 17.8 Å². The van der Waals surface area contributed by atoms with Gasteiger partial charge in [0.25, 0.3) is 0 Å². The van der Waals surface area contributed by atoms with E-state index in [4.69, 9.17) is 15.2 Å². The molecule has 0 aromatic heterocycles. The van der Waals surface area contributed by atoms with Crippen LogP contribution in [0.25, 0.3) is 0 Å². The Balaban J connectivity index is 1.06. The van der Waals surface area contributed by atoms with Crippen LogP contribution in [0.2, 0.25) is 0 Å². The number of ketones is 1. The molecule has 6 aliphatic rings. The quantitative estimate of drug-likeness (QED) is 0.212. The van der Waals surface area contributed by atoms with Crippen LogP contribution in [0.4, 0.5) is 0 Å². The van der Waals surface area contributed by atoms with E-state index >= 15 is 0 Å². The van der Waals surface area contributed by atoms with Gasteiger partial charge in [-0.3, -0.25) is 30.9 Å². The highest BCUT2D eigenvalue weighted by Crippen LogP contribution is 2.45. The maximum Gasteiger partial charge on any atom is 0.223 e. The highest BCUT2D eigenvalue weighted by Gasteiger charge is 2.50. The number of allylic oxidation sites excluding steroid dienone is 1. The number of primary amides is 1. The van der Waals surface area contributed by atoms with Gasteiger partial charge in [0, 0.05) is 49.1 Å². The number of piperidine rings is 1. The summed E-state index contributed by atoms with van der Waals surface area (Å²) in [4.78, 5) is 27.4. The monoisotopic (exact) mass is 582 g/mol. The van der Waals surface area contributed by atoms with Gasteiger partial charge in [0.2, 0.25) is 5.91 Å². The Hall–Kier alpha value is -1.06. The van der Waals surface area contributed by atoms with Crippen LogP contribution < -0.4 is 32.7 Å². The maximum absolute atomic E-state index is 13.0. The van der Waals surface area contributed by atoms with Crippen LogP contribution in [0.3, 0.4) is 0 Å². The van der Waals surface area contributed by atoms with Crippen LogP contribution in [0.5, 0.6) is 0 Å². The van der Waals surface area contributed by atoms with Crippen molar-refractivity contribution in [1.82, 2.24) is 26.2 Å². The van der Waals surface area contributed by atoms with Gasteiger partial charge in [-0.2, -0.15) is 0 Å². The Morgan fingerprint density at radius 1 is 1.15 bits per heavy atom. The van der Waals surface area contributed by atoms with E-state index in [2.05, 4.69) is 31.9 Å². The summed E-state index contributed by atoms with van der Waals surface area (Å²) in [6, 6.07) is 0.835. The lowest BCUT2D eigenvalue weighted by molar-refractivity contribution is -0.431. The van der Waals surface area contributed by atoms with E-state index in [0.29, 0.717) is 36.4 Å². The molecule has 6 rings (SSSR count). The van der Waals surface area contributed by atoms with Crippen molar-refractivity contribution >= 4 is 35.2 Å². The molecule has 1 saturated carbocycles. The fourth-order valence-corrected chi connectivity index (χ4v) is 9.96. The van der Waals surface area contributed by atoms with E-state index in [1.807, 2.05) is 11.8 Å². The van der Waals surface area contributed by atoms with Crippen molar-refractivity contribution in [3.8, 4) is 0 Å². The van der Waals surface area contributed by atoms with E-state index in [1.165, 1.54) is 19.3 Å². The molecule has 0 aromatic carbocycles. The number of nitrogens with one attached hydrogen (secondary N) is 4. The minimum absolute atomic E-state index is 0.0130. The standard InChI is InChI=1S/C26H43N7O4S2/c27-16-3-1-2-4-17(16)30-20-6-5-14(24(28)35)25(31-20)32-26-29-12-19(39-26)15-13-38-23-18(34)11-21(37-22(15)23)33-7-9-36-10-8-33/h11,14-17,19-20,22-23,25-26,29-32H,1-10,12-13,27H2,(H2,28,35)/p+1/t14?,15?,16-,17+,19?,20?,22?,23?,25?,26?/m1/s1. The summed E-state index contributed by atoms with van der Waals surface area (Å²) in [5.41, 5.74) is 10.2. The number of ether oxygens (including phenoxy) is 2. The molecule has 5 fully saturated rings. The van der Waals surface area contributed by atoms with Crippen molar-refractivity contribution in [1.29, 1.82) is 0 Å². The third-order valence-corrected chi connectivity index (χ3v) is 12.1. The summed E-state index contributed by atoms with van der Waals surface area (Å²) in [5.74, 6) is 1.51. The lowest BCUT2D eigenvalue weighted by atomic mass is 9.89. The number of hydrogen-bond acceptors (Lipinski definition) is 11. The first-order chi connectivity index (χ1) is 19.0. The zero-order chi connectivity index (χ0) is 26.9. The highest BCUT2D eigenvalue weighted by atomic mass is 32.2. The van der Waals surface area contributed by atoms with Gasteiger partial charge < -0.3 is 25.8 Å². The fraction of sp³-hybridized carbons (Fsp3) is 0.846. The number of amides is 1. The second kappa shape index (κ2) is 12.4. The average Bonchev–Trinajstić information content (AvgIpc) is 3.58. The van der Waals surface area contributed by atoms with E-state index in [0.717, 1.165) is 44.6 Å². The molecule has 0 radical (unpaired) electrons. The average molecular weight is 583 g/mol. The molecule has 218 valence electrons. The Bertz CT molecular complexity index is 938. The summed E-state index contributed by atoms with van der Waals surface area (Å²) in [6.07, 6.45) is 7.94. The summed E-state index contributed by atoms with van der Waals surface area (Å²) in [6.45, 7) is 3.64. The zero-order valence-corrected chi connectivity index (χ0v) is 24.2. The first-order valence-electron chi connectivity index (χ1n) is 14.6. The topological polar surface area (TPSA) is 158 Å². The molecule has 13 heteroatoms. The summed E-state index contributed by atoms with van der Waals surface area (Å²) >= 11 is 3.57. The van der Waals surface area contributed by atoms with Crippen LogP contribution in [-0.2, 0) is 19.1 Å². The predicted octanol–water partition coefficient (Wildman–Crippen LogP) is -1.28. The van der Waals surface area contributed by atoms with Crippen molar-refractivity contribution < 1.29 is 24.8 Å². The molecule has 10 atom stereocenters. The maximum atomic E-state index is 13.0. The summed E-state index contributed by atoms with van der Waals surface area (Å²) < 4.78 is 12.0. The number of carbonyl (C=O) groups is 2. The van der Waals surface area contributed by atoms with Gasteiger partial charge in [0.15, 0.2) is 11.7 Å². The van der Waals surface area contributed by atoms with E-state index < -0.39 is 0 Å². The van der Waals surface area contributed by atoms with Crippen molar-refractivity contribution in [3.63, 3.8) is 0 Å². The molecule has 0 bridgehead atoms. The number of hydrogen-bond donors (Lipinski definition) is 6. The van der Waals surface area contributed by atoms with Crippen LogP contribution >= 0.6 is 23.5 Å². The minimum Gasteiger partial charge on any atom is -0.474 e. The Morgan fingerprint density at radius 2 is 1.97 bits per heavy atom. The first kappa shape index (κ1) is 28.1. The van der Waals surface area contributed by atoms with Gasteiger partial charge in [0.05, 0.1) is 43.5 Å². The molecule has 5 heterocycles. The molecule has 1 amide bonds. The number of morpholine rings is 1. The number of quaternary nitrogens is 1. The Labute approximate surface area is 239 Å². The molecule has 4 saturated heterocycles. The lowest BCUT2D eigenvalue weighted by Crippen LogP contribution is -2.73. The number of nitrogens with zero attached hydrogens (tertiary/aromatic N) is 1. The first-order valence-corrected chi connectivity index (χ1v) is 16.6. The van der Waals surface area contributed by atoms with Crippen molar-refractivity contribution in [2.75, 3.05) is 38.6 Å². The largest absolute Gasteiger partial charge is 0.474 e. The number of rotatable bonds is 7. The second-order valence-corrected chi connectivity index (χ2v) is 14.2. The van der Waals surface area contributed by atoms with Crippen molar-refractivity contribution in [2.45, 2.75) is 85.0 Å². The molecular weight excluding hydrogens is 538 g/mol. The van der Waals surface area contributed by atoms with Crippen molar-refractivity contribution in [2.24, 2.45) is 17.6 Å². The van der Waals surface area contributed by atoms with Crippen LogP contribution in [0.1, 0.15) is 38.5 Å². The minimum atomic E-state index is -0.266. The SMILES string of the molecule is NC(=O)C1CCC(N[C@H]2CCCC[C@H]2[NH3+])NC1NC1NCC(C2CSC3C(=O)C=C(N4CCOCC4)OC32)S1. The van der Waals surface area contributed by atoms with Gasteiger partial charge in [-0.25, -0.2) is 0 Å². The highest BCUT2D eigenvalue weighted by molar-refractivity contribution is 8.01. The molecule has 8 unspecified atom stereocenters. The molecule has 39 heavy (non-hydrogen) atoms. The number of nitrogens with two attached hydrogens (primary N) is 1. The molecule has 1 aliphatic carbocycles.